The maximum absolute atomic E-state index is 13.3. The molecule has 1 aromatic carbocycles. The van der Waals surface area contributed by atoms with E-state index >= 15 is 0 Å². The van der Waals surface area contributed by atoms with E-state index in [1.165, 1.54) is 4.57 Å². The number of likely N-dealkylation sites (tertiary alicyclic amines) is 1. The lowest BCUT2D eigenvalue weighted by molar-refractivity contribution is -0.157. The predicted molar refractivity (Wildman–Crippen MR) is 133 cm³/mol. The molecule has 1 aromatic heterocycles. The summed E-state index contributed by atoms with van der Waals surface area (Å²) in [5.74, 6) is -0.378. The highest BCUT2D eigenvalue weighted by molar-refractivity contribution is 6.76. The van der Waals surface area contributed by atoms with Gasteiger partial charge in [-0.3, -0.25) is 28.4 Å². The maximum Gasteiger partial charge on any atom is 0.329 e. The quantitative estimate of drug-likeness (QED) is 0.339. The number of benzene rings is 1. The Morgan fingerprint density at radius 2 is 1.71 bits per heavy atom. The number of rotatable bonds is 7. The zero-order valence-electron chi connectivity index (χ0n) is 20.5. The van der Waals surface area contributed by atoms with Crippen LogP contribution in [0.15, 0.2) is 23.0 Å². The van der Waals surface area contributed by atoms with E-state index < -0.39 is 20.0 Å². The highest BCUT2D eigenvalue weighted by Crippen LogP contribution is 2.29. The molecular weight excluding hydrogens is 452 g/mol. The van der Waals surface area contributed by atoms with Gasteiger partial charge in [-0.15, -0.1) is 0 Å². The number of carbonyl (C=O) groups excluding carboxylic acids is 3. The average molecular weight is 487 g/mol. The number of amides is 2. The van der Waals surface area contributed by atoms with Gasteiger partial charge < -0.3 is 9.64 Å². The SMILES string of the molecule is Cn1c(=O)n(C2CCC(=O)N(COCC[Si](C)(C)C)C2=O)c2ccc(N3CCC(=O)CC3)cc21. The lowest BCUT2D eigenvalue weighted by Gasteiger charge is -2.31. The lowest BCUT2D eigenvalue weighted by Crippen LogP contribution is -2.48. The molecule has 1 atom stereocenters. The van der Waals surface area contributed by atoms with Gasteiger partial charge in [0.15, 0.2) is 0 Å². The molecule has 4 rings (SSSR count). The fourth-order valence-corrected chi connectivity index (χ4v) is 5.35. The van der Waals surface area contributed by atoms with Gasteiger partial charge in [0.2, 0.25) is 5.91 Å². The first kappa shape index (κ1) is 24.4. The fraction of sp³-hybridized carbons (Fsp3) is 0.583. The van der Waals surface area contributed by atoms with E-state index in [2.05, 4.69) is 24.5 Å². The number of nitrogens with zero attached hydrogens (tertiary/aromatic N) is 4. The minimum atomic E-state index is -1.28. The molecule has 34 heavy (non-hydrogen) atoms. The Kier molecular flexibility index (Phi) is 6.82. The van der Waals surface area contributed by atoms with Crippen molar-refractivity contribution in [2.75, 3.05) is 31.3 Å². The Morgan fingerprint density at radius 3 is 2.38 bits per heavy atom. The number of Topliss-reactive ketones (excluding diaryl/α,β-unsaturated/α-hetero) is 1. The van der Waals surface area contributed by atoms with Crippen LogP contribution in [0.3, 0.4) is 0 Å². The molecule has 2 aliphatic rings. The summed E-state index contributed by atoms with van der Waals surface area (Å²) in [6, 6.07) is 5.94. The number of hydrogen-bond donors (Lipinski definition) is 0. The van der Waals surface area contributed by atoms with Crippen LogP contribution in [0.1, 0.15) is 31.7 Å². The van der Waals surface area contributed by atoms with Crippen molar-refractivity contribution in [3.8, 4) is 0 Å². The van der Waals surface area contributed by atoms with Gasteiger partial charge in [0.1, 0.15) is 18.6 Å². The molecule has 0 bridgehead atoms. The standard InChI is InChI=1S/C24H34N4O5Si/c1-25-21-15-17(26-11-9-18(29)10-12-26)5-6-19(21)28(24(25)32)20-7-8-22(30)27(23(20)31)16-33-13-14-34(2,3)4/h5-6,15,20H,7-14,16H2,1-4H3. The third kappa shape index (κ3) is 4.88. The molecule has 1 unspecified atom stereocenters. The average Bonchev–Trinajstić information content (AvgIpc) is 3.03. The molecule has 2 aliphatic heterocycles. The molecule has 3 heterocycles. The van der Waals surface area contributed by atoms with Crippen molar-refractivity contribution in [3.63, 3.8) is 0 Å². The molecule has 2 saturated heterocycles. The van der Waals surface area contributed by atoms with Crippen molar-refractivity contribution in [1.29, 1.82) is 0 Å². The van der Waals surface area contributed by atoms with Crippen LogP contribution in [0.2, 0.25) is 25.7 Å². The van der Waals surface area contributed by atoms with E-state index in [4.69, 9.17) is 4.74 Å². The summed E-state index contributed by atoms with van der Waals surface area (Å²) in [4.78, 5) is 53.9. The van der Waals surface area contributed by atoms with Crippen molar-refractivity contribution >= 4 is 42.4 Å². The minimum absolute atomic E-state index is 0.0734. The molecule has 2 fully saturated rings. The second kappa shape index (κ2) is 9.50. The monoisotopic (exact) mass is 486 g/mol. The van der Waals surface area contributed by atoms with Gasteiger partial charge >= 0.3 is 5.69 Å². The summed E-state index contributed by atoms with van der Waals surface area (Å²) in [6.45, 7) is 8.49. The number of hydrogen-bond acceptors (Lipinski definition) is 6. The van der Waals surface area contributed by atoms with E-state index in [0.29, 0.717) is 38.1 Å². The molecule has 9 nitrogen and oxygen atoms in total. The fourth-order valence-electron chi connectivity index (χ4n) is 4.59. The summed E-state index contributed by atoms with van der Waals surface area (Å²) >= 11 is 0. The van der Waals surface area contributed by atoms with Crippen LogP contribution in [0.5, 0.6) is 0 Å². The zero-order valence-corrected chi connectivity index (χ0v) is 21.5. The normalized spacial score (nSPS) is 20.0. The molecule has 0 radical (unpaired) electrons. The number of imidazole rings is 1. The van der Waals surface area contributed by atoms with Gasteiger partial charge in [-0.25, -0.2) is 4.79 Å². The van der Waals surface area contributed by atoms with Gasteiger partial charge in [0, 0.05) is 59.8 Å². The van der Waals surface area contributed by atoms with Gasteiger partial charge in [-0.2, -0.15) is 0 Å². The third-order valence-electron chi connectivity index (χ3n) is 6.77. The minimum Gasteiger partial charge on any atom is -0.371 e. The number of aromatic nitrogens is 2. The highest BCUT2D eigenvalue weighted by atomic mass is 28.3. The number of piperidine rings is 2. The molecule has 184 valence electrons. The Hall–Kier alpha value is -2.72. The molecule has 0 N–H and O–H groups in total. The second-order valence-corrected chi connectivity index (χ2v) is 16.1. The summed E-state index contributed by atoms with van der Waals surface area (Å²) in [5, 5.41) is 0. The van der Waals surface area contributed by atoms with Crippen LogP contribution in [-0.4, -0.2) is 66.1 Å². The smallest absolute Gasteiger partial charge is 0.329 e. The van der Waals surface area contributed by atoms with Crippen molar-refractivity contribution < 1.29 is 19.1 Å². The van der Waals surface area contributed by atoms with Crippen LogP contribution in [0, 0.1) is 0 Å². The largest absolute Gasteiger partial charge is 0.371 e. The molecule has 0 aliphatic carbocycles. The number of ether oxygens (including phenoxy) is 1. The first-order valence-electron chi connectivity index (χ1n) is 12.0. The Bertz CT molecular complexity index is 1170. The van der Waals surface area contributed by atoms with Crippen LogP contribution < -0.4 is 10.6 Å². The van der Waals surface area contributed by atoms with Crippen LogP contribution in [0.4, 0.5) is 5.69 Å². The van der Waals surface area contributed by atoms with Crippen LogP contribution in [-0.2, 0) is 26.2 Å². The van der Waals surface area contributed by atoms with Crippen LogP contribution in [0.25, 0.3) is 11.0 Å². The summed E-state index contributed by atoms with van der Waals surface area (Å²) < 4.78 is 8.75. The van der Waals surface area contributed by atoms with Crippen molar-refractivity contribution in [2.45, 2.75) is 57.4 Å². The Balaban J connectivity index is 1.58. The van der Waals surface area contributed by atoms with Crippen molar-refractivity contribution in [2.24, 2.45) is 7.05 Å². The topological polar surface area (TPSA) is 93.8 Å². The van der Waals surface area contributed by atoms with E-state index in [-0.39, 0.29) is 37.0 Å². The van der Waals surface area contributed by atoms with Crippen LogP contribution >= 0.6 is 0 Å². The second-order valence-electron chi connectivity index (χ2n) is 10.5. The third-order valence-corrected chi connectivity index (χ3v) is 8.48. The van der Waals surface area contributed by atoms with Crippen molar-refractivity contribution in [1.82, 2.24) is 14.0 Å². The highest BCUT2D eigenvalue weighted by Gasteiger charge is 2.37. The molecule has 0 spiro atoms. The predicted octanol–water partition coefficient (Wildman–Crippen LogP) is 2.51. The van der Waals surface area contributed by atoms with Gasteiger partial charge in [0.25, 0.3) is 5.91 Å². The summed E-state index contributed by atoms with van der Waals surface area (Å²) in [7, 11) is 0.413. The number of imide groups is 1. The lowest BCUT2D eigenvalue weighted by atomic mass is 10.0. The molecule has 2 aromatic rings. The Labute approximate surface area is 200 Å². The van der Waals surface area contributed by atoms with Gasteiger partial charge in [-0.05, 0) is 30.7 Å². The Morgan fingerprint density at radius 1 is 1.00 bits per heavy atom. The molecular formula is C24H34N4O5Si. The van der Waals surface area contributed by atoms with E-state index in [9.17, 15) is 19.2 Å². The van der Waals surface area contributed by atoms with E-state index in [1.807, 2.05) is 18.2 Å². The number of carbonyl (C=O) groups is 3. The zero-order chi connectivity index (χ0) is 24.6. The first-order chi connectivity index (χ1) is 16.1. The number of fused-ring (bicyclic) bond motifs is 1. The summed E-state index contributed by atoms with van der Waals surface area (Å²) in [5.41, 5.74) is 2.06. The molecule has 2 amide bonds. The first-order valence-corrected chi connectivity index (χ1v) is 15.7. The molecule has 0 saturated carbocycles. The number of aryl methyl sites for hydroxylation is 1. The summed E-state index contributed by atoms with van der Waals surface area (Å²) in [6.07, 6.45) is 1.53. The van der Waals surface area contributed by atoms with E-state index in [1.54, 1.807) is 11.6 Å². The van der Waals surface area contributed by atoms with Gasteiger partial charge in [0.05, 0.1) is 11.0 Å². The molecule has 10 heteroatoms. The number of anilines is 1. The number of ketones is 1. The van der Waals surface area contributed by atoms with E-state index in [0.717, 1.165) is 22.1 Å². The van der Waals surface area contributed by atoms with Crippen molar-refractivity contribution in [3.05, 3.63) is 28.7 Å². The maximum atomic E-state index is 13.3. The van der Waals surface area contributed by atoms with Gasteiger partial charge in [-0.1, -0.05) is 19.6 Å².